The summed E-state index contributed by atoms with van der Waals surface area (Å²) in [6.07, 6.45) is 26.7. The summed E-state index contributed by atoms with van der Waals surface area (Å²) in [6.45, 7) is 2.28. The number of allylic oxidation sites excluding steroid dienone is 2. The van der Waals surface area contributed by atoms with Crippen molar-refractivity contribution in [2.45, 2.75) is 122 Å². The van der Waals surface area contributed by atoms with Crippen molar-refractivity contribution in [3.05, 3.63) is 12.2 Å². The van der Waals surface area contributed by atoms with Crippen LogP contribution in [0.5, 0.6) is 0 Å². The van der Waals surface area contributed by atoms with E-state index in [1.54, 1.807) is 0 Å². The number of rotatable bonds is 20. The topological polar surface area (TPSA) is 34.1 Å². The molecule has 0 amide bonds. The summed E-state index contributed by atoms with van der Waals surface area (Å²) in [6, 6.07) is 0. The fourth-order valence-corrected chi connectivity index (χ4v) is 4.64. The summed E-state index contributed by atoms with van der Waals surface area (Å²) < 4.78 is 23.2. The molecular weight excluding hydrogens is 365 g/mol. The lowest BCUT2D eigenvalue weighted by Gasteiger charge is -2.28. The average molecular weight is 415 g/mol. The fourth-order valence-electron chi connectivity index (χ4n) is 3.71. The van der Waals surface area contributed by atoms with Gasteiger partial charge in [0.2, 0.25) is 0 Å². The molecule has 0 aliphatic rings. The largest absolute Gasteiger partial charge is 0.375 e. The van der Waals surface area contributed by atoms with Gasteiger partial charge >= 0.3 is 7.68 Å². The number of hydrogen-bond donors (Lipinski definition) is 0. The molecule has 1 atom stereocenters. The van der Waals surface area contributed by atoms with Gasteiger partial charge in [-0.2, -0.15) is 0 Å². The van der Waals surface area contributed by atoms with Crippen LogP contribution in [0.2, 0.25) is 0 Å². The summed E-state index contributed by atoms with van der Waals surface area (Å²) >= 11 is 0. The van der Waals surface area contributed by atoms with E-state index in [9.17, 15) is 9.13 Å². The second-order valence-corrected chi connectivity index (χ2v) is 10.5. The molecule has 1 unspecified atom stereocenters. The van der Waals surface area contributed by atoms with Crippen molar-refractivity contribution >= 4 is 7.68 Å². The van der Waals surface area contributed by atoms with Crippen molar-refractivity contribution in [2.75, 3.05) is 21.1 Å². The molecule has 0 radical (unpaired) electrons. The SMILES string of the molecule is CCCCCCCCCCCCCCCCC=CCCC(P(=O)=O)[N+](C)(C)C. The van der Waals surface area contributed by atoms with Crippen molar-refractivity contribution < 1.29 is 13.6 Å². The highest BCUT2D eigenvalue weighted by Gasteiger charge is 2.28. The molecule has 0 rings (SSSR count). The molecule has 0 saturated carbocycles. The number of nitrogens with zero attached hydrogens (tertiary/aromatic N) is 1. The third-order valence-corrected chi connectivity index (χ3v) is 7.06. The summed E-state index contributed by atoms with van der Waals surface area (Å²) in [7, 11) is 3.50. The first-order valence-electron chi connectivity index (χ1n) is 12.0. The van der Waals surface area contributed by atoms with Gasteiger partial charge in [-0.25, -0.2) is 9.13 Å². The molecular formula is C24H49NO2P+. The summed E-state index contributed by atoms with van der Waals surface area (Å²) in [5, 5.41) is 0. The van der Waals surface area contributed by atoms with Gasteiger partial charge in [0.25, 0.3) is 0 Å². The van der Waals surface area contributed by atoms with Crippen molar-refractivity contribution in [1.82, 2.24) is 0 Å². The second kappa shape index (κ2) is 18.6. The monoisotopic (exact) mass is 414 g/mol. The van der Waals surface area contributed by atoms with E-state index in [0.717, 1.165) is 19.3 Å². The van der Waals surface area contributed by atoms with E-state index in [0.29, 0.717) is 4.48 Å². The van der Waals surface area contributed by atoms with Crippen LogP contribution in [0.15, 0.2) is 12.2 Å². The van der Waals surface area contributed by atoms with E-state index >= 15 is 0 Å². The first-order chi connectivity index (χ1) is 13.4. The van der Waals surface area contributed by atoms with Crippen LogP contribution in [0, 0.1) is 0 Å². The Morgan fingerprint density at radius 2 is 1.04 bits per heavy atom. The summed E-state index contributed by atoms with van der Waals surface area (Å²) in [5.41, 5.74) is 0. The Hall–Kier alpha value is -0.400. The van der Waals surface area contributed by atoms with E-state index < -0.39 is 7.68 Å². The van der Waals surface area contributed by atoms with Crippen molar-refractivity contribution in [2.24, 2.45) is 0 Å². The van der Waals surface area contributed by atoms with Gasteiger partial charge in [0, 0.05) is 6.42 Å². The summed E-state index contributed by atoms with van der Waals surface area (Å²) in [5.74, 6) is -0.277. The molecule has 0 spiro atoms. The quantitative estimate of drug-likeness (QED) is 0.0867. The molecule has 28 heavy (non-hydrogen) atoms. The Morgan fingerprint density at radius 1 is 0.643 bits per heavy atom. The van der Waals surface area contributed by atoms with Crippen LogP contribution < -0.4 is 0 Å². The van der Waals surface area contributed by atoms with Gasteiger partial charge in [-0.15, -0.1) is 0 Å². The Balaban J connectivity index is 3.38. The van der Waals surface area contributed by atoms with Crippen LogP contribution in [-0.2, 0) is 9.13 Å². The third kappa shape index (κ3) is 17.7. The molecule has 166 valence electrons. The molecule has 0 fully saturated rings. The smallest absolute Gasteiger partial charge is 0.317 e. The van der Waals surface area contributed by atoms with Gasteiger partial charge < -0.3 is 4.48 Å². The zero-order valence-electron chi connectivity index (χ0n) is 19.5. The highest BCUT2D eigenvalue weighted by Crippen LogP contribution is 2.26. The van der Waals surface area contributed by atoms with Crippen LogP contribution >= 0.6 is 7.68 Å². The zero-order chi connectivity index (χ0) is 21.1. The van der Waals surface area contributed by atoms with Gasteiger partial charge in [0.15, 0.2) is 5.78 Å². The van der Waals surface area contributed by atoms with Gasteiger partial charge in [0.05, 0.1) is 21.1 Å². The van der Waals surface area contributed by atoms with E-state index in [1.165, 1.54) is 89.9 Å². The predicted octanol–water partition coefficient (Wildman–Crippen LogP) is 8.40. The van der Waals surface area contributed by atoms with Gasteiger partial charge in [0.1, 0.15) is 0 Å². The molecule has 0 aromatic rings. The van der Waals surface area contributed by atoms with Crippen molar-refractivity contribution in [1.29, 1.82) is 0 Å². The van der Waals surface area contributed by atoms with E-state index in [4.69, 9.17) is 0 Å². The van der Waals surface area contributed by atoms with Crippen molar-refractivity contribution in [3.8, 4) is 0 Å². The van der Waals surface area contributed by atoms with Crippen LogP contribution in [0.4, 0.5) is 0 Å². The first-order valence-corrected chi connectivity index (χ1v) is 13.2. The lowest BCUT2D eigenvalue weighted by molar-refractivity contribution is -0.882. The minimum Gasteiger partial charge on any atom is -0.317 e. The van der Waals surface area contributed by atoms with Crippen LogP contribution in [0.1, 0.15) is 116 Å². The molecule has 0 heterocycles. The average Bonchev–Trinajstić information content (AvgIpc) is 2.62. The molecule has 3 nitrogen and oxygen atoms in total. The Morgan fingerprint density at radius 3 is 1.43 bits per heavy atom. The van der Waals surface area contributed by atoms with Gasteiger partial charge in [-0.3, -0.25) is 0 Å². The van der Waals surface area contributed by atoms with Crippen molar-refractivity contribution in [3.63, 3.8) is 0 Å². The normalized spacial score (nSPS) is 13.3. The second-order valence-electron chi connectivity index (χ2n) is 9.32. The van der Waals surface area contributed by atoms with E-state index in [2.05, 4.69) is 19.1 Å². The molecule has 0 saturated heterocycles. The Kier molecular flexibility index (Phi) is 18.4. The Bertz CT molecular complexity index is 430. The lowest BCUT2D eigenvalue weighted by Crippen LogP contribution is -2.42. The maximum absolute atomic E-state index is 11.4. The van der Waals surface area contributed by atoms with Crippen LogP contribution in [-0.4, -0.2) is 31.4 Å². The predicted molar refractivity (Wildman–Crippen MR) is 123 cm³/mol. The van der Waals surface area contributed by atoms with Crippen LogP contribution in [0.25, 0.3) is 0 Å². The molecule has 0 aliphatic heterocycles. The van der Waals surface area contributed by atoms with Gasteiger partial charge in [-0.05, 0) is 19.3 Å². The molecule has 4 heteroatoms. The Labute approximate surface area is 176 Å². The third-order valence-electron chi connectivity index (χ3n) is 5.62. The molecule has 0 aromatic heterocycles. The standard InChI is InChI=1S/C24H49NO2P/c1-5-6-7-8-9-10-11-12-13-14-15-16-17-18-19-20-21-22-23-24(28(26)27)25(2,3)4/h20-21,24H,5-19,22-23H2,1-4H3/q+1. The minimum absolute atomic E-state index is 0.277. The zero-order valence-corrected chi connectivity index (χ0v) is 20.4. The first kappa shape index (κ1) is 27.6. The minimum atomic E-state index is -2.36. The molecule has 0 aliphatic carbocycles. The highest BCUT2D eigenvalue weighted by molar-refractivity contribution is 7.31. The fraction of sp³-hybridized carbons (Fsp3) is 0.917. The van der Waals surface area contributed by atoms with Crippen LogP contribution in [0.3, 0.4) is 0 Å². The van der Waals surface area contributed by atoms with E-state index in [1.807, 2.05) is 21.1 Å². The number of quaternary nitrogens is 1. The van der Waals surface area contributed by atoms with E-state index in [-0.39, 0.29) is 5.78 Å². The highest BCUT2D eigenvalue weighted by atomic mass is 31.1. The summed E-state index contributed by atoms with van der Waals surface area (Å²) in [4.78, 5) is 0. The molecule has 0 N–H and O–H groups in total. The number of unbranched alkanes of at least 4 members (excludes halogenated alkanes) is 14. The van der Waals surface area contributed by atoms with Gasteiger partial charge in [-0.1, -0.05) is 103 Å². The molecule has 0 bridgehead atoms. The maximum Gasteiger partial charge on any atom is 0.375 e. The molecule has 0 aromatic carbocycles. The maximum atomic E-state index is 11.4. The number of hydrogen-bond acceptors (Lipinski definition) is 2. The lowest BCUT2D eigenvalue weighted by atomic mass is 10.0.